The molecule has 0 spiro atoms. The largest absolute Gasteiger partial charge is 0.318 e. The van der Waals surface area contributed by atoms with E-state index in [1.54, 1.807) is 0 Å². The zero-order valence-electron chi connectivity index (χ0n) is 11.5. The van der Waals surface area contributed by atoms with Crippen molar-refractivity contribution < 1.29 is 0 Å². The molecule has 3 heteroatoms. The normalized spacial score (nSPS) is 18.8. The minimum atomic E-state index is 0.529. The first-order valence-electron chi connectivity index (χ1n) is 6.90. The SMILES string of the molecule is CCc1ccc(C(CNC)N2CCSCC2)cc1. The summed E-state index contributed by atoms with van der Waals surface area (Å²) in [4.78, 5) is 2.62. The molecule has 1 aliphatic rings. The molecule has 1 atom stereocenters. The average Bonchev–Trinajstić information content (AvgIpc) is 2.46. The second-order valence-electron chi connectivity index (χ2n) is 4.82. The summed E-state index contributed by atoms with van der Waals surface area (Å²) in [6.07, 6.45) is 1.12. The number of likely N-dealkylation sites (N-methyl/N-ethyl adjacent to an activating group) is 1. The van der Waals surface area contributed by atoms with E-state index < -0.39 is 0 Å². The smallest absolute Gasteiger partial charge is 0.0473 e. The molecule has 100 valence electrons. The summed E-state index contributed by atoms with van der Waals surface area (Å²) in [6.45, 7) is 5.68. The highest BCUT2D eigenvalue weighted by Crippen LogP contribution is 2.24. The standard InChI is InChI=1S/C15H24N2S/c1-3-13-4-6-14(7-5-13)15(12-16-2)17-8-10-18-11-9-17/h4-7,15-16H,3,8-12H2,1-2H3. The van der Waals surface area contributed by atoms with Gasteiger partial charge in [0, 0.05) is 37.2 Å². The van der Waals surface area contributed by atoms with Crippen LogP contribution in [0.3, 0.4) is 0 Å². The molecule has 0 radical (unpaired) electrons. The number of rotatable bonds is 5. The van der Waals surface area contributed by atoms with E-state index in [0.717, 1.165) is 13.0 Å². The van der Waals surface area contributed by atoms with Gasteiger partial charge in [-0.25, -0.2) is 0 Å². The first-order valence-corrected chi connectivity index (χ1v) is 8.06. The zero-order chi connectivity index (χ0) is 12.8. The van der Waals surface area contributed by atoms with Gasteiger partial charge in [-0.2, -0.15) is 11.8 Å². The van der Waals surface area contributed by atoms with Crippen molar-refractivity contribution in [2.45, 2.75) is 19.4 Å². The van der Waals surface area contributed by atoms with Gasteiger partial charge in [-0.05, 0) is 24.6 Å². The van der Waals surface area contributed by atoms with Gasteiger partial charge in [-0.1, -0.05) is 31.2 Å². The Morgan fingerprint density at radius 3 is 2.44 bits per heavy atom. The second kappa shape index (κ2) is 7.17. The molecule has 1 saturated heterocycles. The van der Waals surface area contributed by atoms with E-state index in [1.807, 2.05) is 7.05 Å². The maximum Gasteiger partial charge on any atom is 0.0473 e. The fraction of sp³-hybridized carbons (Fsp3) is 0.600. The van der Waals surface area contributed by atoms with E-state index in [-0.39, 0.29) is 0 Å². The van der Waals surface area contributed by atoms with Crippen LogP contribution >= 0.6 is 11.8 Å². The molecule has 0 aromatic heterocycles. The lowest BCUT2D eigenvalue weighted by Gasteiger charge is -2.34. The number of benzene rings is 1. The molecule has 2 nitrogen and oxygen atoms in total. The van der Waals surface area contributed by atoms with E-state index >= 15 is 0 Å². The summed E-state index contributed by atoms with van der Waals surface area (Å²) in [5.41, 5.74) is 2.88. The summed E-state index contributed by atoms with van der Waals surface area (Å²) in [7, 11) is 2.05. The summed E-state index contributed by atoms with van der Waals surface area (Å²) in [6, 6.07) is 9.69. The molecule has 2 rings (SSSR count). The number of hydrogen-bond acceptors (Lipinski definition) is 3. The fourth-order valence-corrected chi connectivity index (χ4v) is 3.45. The van der Waals surface area contributed by atoms with Crippen LogP contribution < -0.4 is 5.32 Å². The van der Waals surface area contributed by atoms with E-state index in [1.165, 1.54) is 35.7 Å². The molecule has 1 unspecified atom stereocenters. The Hall–Kier alpha value is -0.510. The van der Waals surface area contributed by atoms with Gasteiger partial charge in [0.1, 0.15) is 0 Å². The van der Waals surface area contributed by atoms with Crippen LogP contribution in [0.5, 0.6) is 0 Å². The molecule has 1 aliphatic heterocycles. The molecule has 1 fully saturated rings. The Kier molecular flexibility index (Phi) is 5.54. The van der Waals surface area contributed by atoms with E-state index in [9.17, 15) is 0 Å². The van der Waals surface area contributed by atoms with Crippen molar-refractivity contribution in [3.63, 3.8) is 0 Å². The van der Waals surface area contributed by atoms with Crippen LogP contribution in [0.1, 0.15) is 24.1 Å². The van der Waals surface area contributed by atoms with Crippen LogP contribution in [0.15, 0.2) is 24.3 Å². The predicted molar refractivity (Wildman–Crippen MR) is 81.4 cm³/mol. The van der Waals surface area contributed by atoms with Crippen molar-refractivity contribution in [2.75, 3.05) is 38.2 Å². The van der Waals surface area contributed by atoms with Gasteiger partial charge in [0.25, 0.3) is 0 Å². The Labute approximate surface area is 115 Å². The van der Waals surface area contributed by atoms with Crippen LogP contribution in [0.25, 0.3) is 0 Å². The lowest BCUT2D eigenvalue weighted by molar-refractivity contribution is 0.215. The molecule has 1 N–H and O–H groups in total. The number of hydrogen-bond donors (Lipinski definition) is 1. The van der Waals surface area contributed by atoms with Gasteiger partial charge in [0.2, 0.25) is 0 Å². The molecular weight excluding hydrogens is 240 g/mol. The van der Waals surface area contributed by atoms with Crippen molar-refractivity contribution >= 4 is 11.8 Å². The molecule has 0 saturated carbocycles. The maximum atomic E-state index is 3.34. The number of thioether (sulfide) groups is 1. The van der Waals surface area contributed by atoms with Crippen LogP contribution in [-0.4, -0.2) is 43.1 Å². The van der Waals surface area contributed by atoms with Crippen molar-refractivity contribution in [3.8, 4) is 0 Å². The van der Waals surface area contributed by atoms with Gasteiger partial charge in [0.05, 0.1) is 0 Å². The number of nitrogens with zero attached hydrogens (tertiary/aromatic N) is 1. The summed E-state index contributed by atoms with van der Waals surface area (Å²) >= 11 is 2.07. The summed E-state index contributed by atoms with van der Waals surface area (Å²) in [5.74, 6) is 2.54. The van der Waals surface area contributed by atoms with Gasteiger partial charge in [-0.15, -0.1) is 0 Å². The molecule has 0 amide bonds. The Morgan fingerprint density at radius 1 is 1.22 bits per heavy atom. The highest BCUT2D eigenvalue weighted by molar-refractivity contribution is 7.99. The van der Waals surface area contributed by atoms with Crippen molar-refractivity contribution in [2.24, 2.45) is 0 Å². The lowest BCUT2D eigenvalue weighted by atomic mass is 10.0. The minimum Gasteiger partial charge on any atom is -0.318 e. The van der Waals surface area contributed by atoms with Crippen molar-refractivity contribution in [1.29, 1.82) is 0 Å². The fourth-order valence-electron chi connectivity index (χ4n) is 2.52. The van der Waals surface area contributed by atoms with Crippen molar-refractivity contribution in [1.82, 2.24) is 10.2 Å². The lowest BCUT2D eigenvalue weighted by Crippen LogP contribution is -2.40. The third-order valence-corrected chi connectivity index (χ3v) is 4.60. The van der Waals surface area contributed by atoms with Gasteiger partial charge < -0.3 is 5.32 Å². The molecule has 1 aromatic rings. The Bertz CT molecular complexity index is 344. The highest BCUT2D eigenvalue weighted by Gasteiger charge is 2.21. The first-order chi connectivity index (χ1) is 8.85. The summed E-state index contributed by atoms with van der Waals surface area (Å²) in [5, 5.41) is 3.34. The molecule has 18 heavy (non-hydrogen) atoms. The topological polar surface area (TPSA) is 15.3 Å². The maximum absolute atomic E-state index is 3.34. The van der Waals surface area contributed by atoms with Crippen LogP contribution in [0.4, 0.5) is 0 Å². The third-order valence-electron chi connectivity index (χ3n) is 3.66. The van der Waals surface area contributed by atoms with Crippen molar-refractivity contribution in [3.05, 3.63) is 35.4 Å². The molecular formula is C15H24N2S. The molecule has 1 heterocycles. The average molecular weight is 264 g/mol. The van der Waals surface area contributed by atoms with E-state index in [4.69, 9.17) is 0 Å². The zero-order valence-corrected chi connectivity index (χ0v) is 12.3. The van der Waals surface area contributed by atoms with Gasteiger partial charge in [0.15, 0.2) is 0 Å². The molecule has 0 bridgehead atoms. The summed E-state index contributed by atoms with van der Waals surface area (Å²) < 4.78 is 0. The Balaban J connectivity index is 2.11. The quantitative estimate of drug-likeness (QED) is 0.880. The minimum absolute atomic E-state index is 0.529. The van der Waals surface area contributed by atoms with E-state index in [0.29, 0.717) is 6.04 Å². The van der Waals surface area contributed by atoms with Crippen LogP contribution in [0, 0.1) is 0 Å². The van der Waals surface area contributed by atoms with Gasteiger partial charge >= 0.3 is 0 Å². The Morgan fingerprint density at radius 2 is 1.89 bits per heavy atom. The van der Waals surface area contributed by atoms with Gasteiger partial charge in [-0.3, -0.25) is 4.90 Å². The predicted octanol–water partition coefficient (Wildman–Crippen LogP) is 2.56. The number of nitrogens with one attached hydrogen (secondary N) is 1. The highest BCUT2D eigenvalue weighted by atomic mass is 32.2. The molecule has 1 aromatic carbocycles. The monoisotopic (exact) mass is 264 g/mol. The van der Waals surface area contributed by atoms with Crippen LogP contribution in [-0.2, 0) is 6.42 Å². The third kappa shape index (κ3) is 3.50. The molecule has 0 aliphatic carbocycles. The van der Waals surface area contributed by atoms with Crippen LogP contribution in [0.2, 0.25) is 0 Å². The first kappa shape index (κ1) is 13.9. The second-order valence-corrected chi connectivity index (χ2v) is 6.04. The van der Waals surface area contributed by atoms with E-state index in [2.05, 4.69) is 53.2 Å². The number of aryl methyl sites for hydroxylation is 1.